The fraction of sp³-hybridized carbons (Fsp3) is 0.105. The van der Waals surface area contributed by atoms with E-state index in [4.69, 9.17) is 4.42 Å². The van der Waals surface area contributed by atoms with Crippen LogP contribution in [0.1, 0.15) is 11.1 Å². The summed E-state index contributed by atoms with van der Waals surface area (Å²) in [4.78, 5) is 20.9. The number of hydrogen-bond donors (Lipinski definition) is 2. The first-order chi connectivity index (χ1) is 12.6. The van der Waals surface area contributed by atoms with Gasteiger partial charge in [-0.25, -0.2) is 9.78 Å². The minimum Gasteiger partial charge on any atom is -0.406 e. The third kappa shape index (κ3) is 3.02. The first-order valence-corrected chi connectivity index (χ1v) is 8.15. The molecule has 0 aliphatic rings. The molecule has 4 rings (SSSR count). The number of aromatic nitrogens is 3. The average molecular weight is 347 g/mol. The molecule has 0 saturated heterocycles. The summed E-state index contributed by atoms with van der Waals surface area (Å²) in [5.41, 5.74) is 7.00. The predicted octanol–water partition coefficient (Wildman–Crippen LogP) is 3.62. The van der Waals surface area contributed by atoms with Gasteiger partial charge in [0.05, 0.1) is 0 Å². The summed E-state index contributed by atoms with van der Waals surface area (Å²) in [6.07, 6.45) is 1.70. The van der Waals surface area contributed by atoms with Gasteiger partial charge in [-0.3, -0.25) is 5.43 Å². The monoisotopic (exact) mass is 347 g/mol. The van der Waals surface area contributed by atoms with Crippen LogP contribution in [0.2, 0.25) is 0 Å². The lowest BCUT2D eigenvalue weighted by Gasteiger charge is -2.11. The van der Waals surface area contributed by atoms with Crippen molar-refractivity contribution in [2.45, 2.75) is 13.8 Å². The zero-order valence-electron chi connectivity index (χ0n) is 14.4. The highest BCUT2D eigenvalue weighted by atomic mass is 16.4. The lowest BCUT2D eigenvalue weighted by Crippen LogP contribution is -2.23. The van der Waals surface area contributed by atoms with Gasteiger partial charge in [-0.1, -0.05) is 24.3 Å². The lowest BCUT2D eigenvalue weighted by molar-refractivity contribution is 0.532. The fourth-order valence-corrected chi connectivity index (χ4v) is 2.65. The van der Waals surface area contributed by atoms with Crippen molar-refractivity contribution in [2.75, 3.05) is 10.7 Å². The Morgan fingerprint density at radius 1 is 1.08 bits per heavy atom. The smallest absolute Gasteiger partial charge is 0.406 e. The van der Waals surface area contributed by atoms with Gasteiger partial charge in [0.2, 0.25) is 5.95 Å². The maximum atomic E-state index is 12.1. The molecule has 0 fully saturated rings. The topological polar surface area (TPSA) is 85.0 Å². The van der Waals surface area contributed by atoms with Crippen LogP contribution in [0.5, 0.6) is 0 Å². The number of para-hydroxylation sites is 2. The van der Waals surface area contributed by atoms with Crippen molar-refractivity contribution in [2.24, 2.45) is 0 Å². The van der Waals surface area contributed by atoms with E-state index >= 15 is 0 Å². The lowest BCUT2D eigenvalue weighted by atomic mass is 10.2. The van der Waals surface area contributed by atoms with E-state index < -0.39 is 5.76 Å². The number of aryl methyl sites for hydroxylation is 2. The molecule has 7 heteroatoms. The van der Waals surface area contributed by atoms with Gasteiger partial charge in [0.25, 0.3) is 0 Å². The molecule has 2 aromatic heterocycles. The van der Waals surface area contributed by atoms with Gasteiger partial charge in [-0.2, -0.15) is 9.66 Å². The van der Waals surface area contributed by atoms with E-state index in [1.54, 1.807) is 18.3 Å². The van der Waals surface area contributed by atoms with Gasteiger partial charge in [-0.15, -0.1) is 0 Å². The van der Waals surface area contributed by atoms with Crippen molar-refractivity contribution in [3.63, 3.8) is 0 Å². The van der Waals surface area contributed by atoms with Crippen LogP contribution in [-0.2, 0) is 0 Å². The van der Waals surface area contributed by atoms with Crippen LogP contribution in [0.25, 0.3) is 11.1 Å². The maximum absolute atomic E-state index is 12.1. The molecule has 2 heterocycles. The molecule has 0 amide bonds. The number of hydrogen-bond acceptors (Lipinski definition) is 6. The Labute approximate surface area is 149 Å². The van der Waals surface area contributed by atoms with Crippen molar-refractivity contribution in [3.05, 3.63) is 76.4 Å². The molecule has 0 atom stereocenters. The molecule has 0 spiro atoms. The van der Waals surface area contributed by atoms with Gasteiger partial charge in [-0.05, 0) is 43.7 Å². The number of oxazole rings is 1. The Balaban J connectivity index is 1.68. The standard InChI is InChI=1S/C19H17N5O2/c1-12-6-5-7-14(10-12)21-18-20-11-13(2)17(22-18)23-24-15-8-3-4-9-16(15)26-19(24)25/h3-11H,1-2H3,(H2,20,21,22,23). The molecule has 7 nitrogen and oxygen atoms in total. The van der Waals surface area contributed by atoms with Crippen molar-refractivity contribution in [3.8, 4) is 0 Å². The van der Waals surface area contributed by atoms with Crippen LogP contribution >= 0.6 is 0 Å². The van der Waals surface area contributed by atoms with E-state index in [1.807, 2.05) is 50.2 Å². The van der Waals surface area contributed by atoms with Crippen LogP contribution in [0.4, 0.5) is 17.5 Å². The second-order valence-corrected chi connectivity index (χ2v) is 6.00. The minimum atomic E-state index is -0.502. The number of nitrogens with one attached hydrogen (secondary N) is 2. The van der Waals surface area contributed by atoms with Crippen LogP contribution in [0.3, 0.4) is 0 Å². The molecule has 0 bridgehead atoms. The molecule has 0 aliphatic heterocycles. The highest BCUT2D eigenvalue weighted by Gasteiger charge is 2.11. The molecule has 26 heavy (non-hydrogen) atoms. The Hall–Kier alpha value is -3.61. The molecular weight excluding hydrogens is 330 g/mol. The van der Waals surface area contributed by atoms with Gasteiger partial charge in [0, 0.05) is 17.4 Å². The first-order valence-electron chi connectivity index (χ1n) is 8.15. The third-order valence-electron chi connectivity index (χ3n) is 3.95. The largest absolute Gasteiger partial charge is 0.439 e. The molecule has 0 aliphatic carbocycles. The number of anilines is 3. The normalized spacial score (nSPS) is 10.8. The highest BCUT2D eigenvalue weighted by Crippen LogP contribution is 2.19. The summed E-state index contributed by atoms with van der Waals surface area (Å²) in [5.74, 6) is 0.450. The Kier molecular flexibility index (Phi) is 3.89. The summed E-state index contributed by atoms with van der Waals surface area (Å²) in [5, 5.41) is 3.17. The minimum absolute atomic E-state index is 0.435. The van der Waals surface area contributed by atoms with Gasteiger partial charge >= 0.3 is 5.76 Å². The quantitative estimate of drug-likeness (QED) is 0.586. The second kappa shape index (κ2) is 6.36. The molecule has 0 radical (unpaired) electrons. The summed E-state index contributed by atoms with van der Waals surface area (Å²) >= 11 is 0. The van der Waals surface area contributed by atoms with E-state index in [2.05, 4.69) is 20.7 Å². The summed E-state index contributed by atoms with van der Waals surface area (Å²) < 4.78 is 6.57. The van der Waals surface area contributed by atoms with E-state index in [1.165, 1.54) is 4.68 Å². The van der Waals surface area contributed by atoms with Crippen molar-refractivity contribution in [1.29, 1.82) is 0 Å². The van der Waals surface area contributed by atoms with Crippen LogP contribution in [0.15, 0.2) is 63.9 Å². The number of nitrogens with zero attached hydrogens (tertiary/aromatic N) is 3. The number of rotatable bonds is 4. The van der Waals surface area contributed by atoms with E-state index in [-0.39, 0.29) is 0 Å². The Morgan fingerprint density at radius 3 is 2.77 bits per heavy atom. The molecule has 2 aromatic carbocycles. The maximum Gasteiger partial charge on any atom is 0.439 e. The SMILES string of the molecule is Cc1cccc(Nc2ncc(C)c(Nn3c(=O)oc4ccccc43)n2)c1. The molecule has 0 unspecified atom stereocenters. The summed E-state index contributed by atoms with van der Waals surface area (Å²) in [6, 6.07) is 15.1. The second-order valence-electron chi connectivity index (χ2n) is 6.00. The average Bonchev–Trinajstić information content (AvgIpc) is 2.93. The van der Waals surface area contributed by atoms with Crippen LogP contribution in [0, 0.1) is 13.8 Å². The van der Waals surface area contributed by atoms with Gasteiger partial charge < -0.3 is 9.73 Å². The first kappa shape index (κ1) is 15.9. The van der Waals surface area contributed by atoms with Gasteiger partial charge in [0.1, 0.15) is 5.52 Å². The van der Waals surface area contributed by atoms with E-state index in [9.17, 15) is 4.79 Å². The number of benzene rings is 2. The molecule has 0 saturated carbocycles. The molecule has 4 aromatic rings. The zero-order chi connectivity index (χ0) is 18.1. The third-order valence-corrected chi connectivity index (χ3v) is 3.95. The highest BCUT2D eigenvalue weighted by molar-refractivity contribution is 5.73. The molecule has 130 valence electrons. The zero-order valence-corrected chi connectivity index (χ0v) is 14.4. The Bertz CT molecular complexity index is 1150. The Morgan fingerprint density at radius 2 is 1.92 bits per heavy atom. The summed E-state index contributed by atoms with van der Waals surface area (Å²) in [6.45, 7) is 3.89. The predicted molar refractivity (Wildman–Crippen MR) is 101 cm³/mol. The van der Waals surface area contributed by atoms with Crippen molar-refractivity contribution in [1.82, 2.24) is 14.6 Å². The van der Waals surface area contributed by atoms with Crippen molar-refractivity contribution >= 4 is 28.6 Å². The molecular formula is C19H17N5O2. The fourth-order valence-electron chi connectivity index (χ4n) is 2.65. The number of fused-ring (bicyclic) bond motifs is 1. The van der Waals surface area contributed by atoms with Gasteiger partial charge in [0.15, 0.2) is 11.4 Å². The molecule has 2 N–H and O–H groups in total. The van der Waals surface area contributed by atoms with Crippen LogP contribution < -0.4 is 16.5 Å². The summed E-state index contributed by atoms with van der Waals surface area (Å²) in [7, 11) is 0. The van der Waals surface area contributed by atoms with Crippen LogP contribution in [-0.4, -0.2) is 14.6 Å². The van der Waals surface area contributed by atoms with Crippen molar-refractivity contribution < 1.29 is 4.42 Å². The van der Waals surface area contributed by atoms with E-state index in [0.29, 0.717) is 22.9 Å². The van der Waals surface area contributed by atoms with E-state index in [0.717, 1.165) is 16.8 Å².